The summed E-state index contributed by atoms with van der Waals surface area (Å²) in [5.74, 6) is -0.691. The van der Waals surface area contributed by atoms with Gasteiger partial charge in [0.25, 0.3) is 5.91 Å². The van der Waals surface area contributed by atoms with E-state index in [1.807, 2.05) is 13.8 Å². The van der Waals surface area contributed by atoms with Crippen LogP contribution in [0.1, 0.15) is 24.2 Å². The van der Waals surface area contributed by atoms with Gasteiger partial charge in [-0.2, -0.15) is 0 Å². The van der Waals surface area contributed by atoms with Gasteiger partial charge in [0, 0.05) is 22.9 Å². The molecule has 0 radical (unpaired) electrons. The van der Waals surface area contributed by atoms with E-state index < -0.39 is 5.97 Å². The van der Waals surface area contributed by atoms with Crippen LogP contribution in [0.25, 0.3) is 0 Å². The summed E-state index contributed by atoms with van der Waals surface area (Å²) in [6.45, 7) is 3.61. The molecule has 0 aliphatic carbocycles. The average molecular weight is 315 g/mol. The normalized spacial score (nSPS) is 10.3. The van der Waals surface area contributed by atoms with E-state index in [2.05, 4.69) is 25.7 Å². The molecule has 6 heteroatoms. The molecule has 0 fully saturated rings. The third-order valence-electron chi connectivity index (χ3n) is 2.36. The minimum Gasteiger partial charge on any atom is -0.468 e. The number of methoxy groups -OCH3 is 1. The van der Waals surface area contributed by atoms with Crippen LogP contribution < -0.4 is 0 Å². The summed E-state index contributed by atoms with van der Waals surface area (Å²) in [7, 11) is 1.30. The average Bonchev–Trinajstić information content (AvgIpc) is 2.34. The smallest absolute Gasteiger partial charge is 0.325 e. The second-order valence-corrected chi connectivity index (χ2v) is 4.91. The Morgan fingerprint density at radius 2 is 2.11 bits per heavy atom. The number of carbonyl (C=O) groups excluding carboxylic acids is 2. The molecule has 1 aromatic rings. The van der Waals surface area contributed by atoms with Crippen molar-refractivity contribution in [1.29, 1.82) is 0 Å². The summed E-state index contributed by atoms with van der Waals surface area (Å²) in [5.41, 5.74) is 0.432. The molecule has 0 atom stereocenters. The van der Waals surface area contributed by atoms with Gasteiger partial charge in [-0.3, -0.25) is 14.6 Å². The summed E-state index contributed by atoms with van der Waals surface area (Å²) < 4.78 is 5.30. The number of nitrogens with zero attached hydrogens (tertiary/aromatic N) is 2. The molecule has 0 bridgehead atoms. The maximum Gasteiger partial charge on any atom is 0.325 e. The topological polar surface area (TPSA) is 59.5 Å². The maximum atomic E-state index is 12.2. The van der Waals surface area contributed by atoms with Gasteiger partial charge in [0.1, 0.15) is 6.54 Å². The number of aromatic nitrogens is 1. The quantitative estimate of drug-likeness (QED) is 0.796. The summed E-state index contributed by atoms with van der Waals surface area (Å²) in [6.07, 6.45) is 3.07. The highest BCUT2D eigenvalue weighted by molar-refractivity contribution is 9.10. The second-order valence-electron chi connectivity index (χ2n) is 3.99. The second kappa shape index (κ2) is 6.49. The van der Waals surface area contributed by atoms with Crippen LogP contribution in [0.2, 0.25) is 0 Å². The molecule has 1 aromatic heterocycles. The lowest BCUT2D eigenvalue weighted by molar-refractivity contribution is -0.141. The van der Waals surface area contributed by atoms with Gasteiger partial charge < -0.3 is 9.64 Å². The monoisotopic (exact) mass is 314 g/mol. The first-order valence-electron chi connectivity index (χ1n) is 5.44. The highest BCUT2D eigenvalue weighted by atomic mass is 79.9. The van der Waals surface area contributed by atoms with Crippen molar-refractivity contribution in [1.82, 2.24) is 9.88 Å². The maximum absolute atomic E-state index is 12.2. The van der Waals surface area contributed by atoms with E-state index >= 15 is 0 Å². The molecule has 1 heterocycles. The minimum absolute atomic E-state index is 0.0699. The predicted octanol–water partition coefficient (Wildman–Crippen LogP) is 1.87. The van der Waals surface area contributed by atoms with Crippen LogP contribution in [-0.2, 0) is 9.53 Å². The van der Waals surface area contributed by atoms with E-state index in [4.69, 9.17) is 0 Å². The Morgan fingerprint density at radius 3 is 2.61 bits per heavy atom. The van der Waals surface area contributed by atoms with E-state index in [-0.39, 0.29) is 18.5 Å². The van der Waals surface area contributed by atoms with Gasteiger partial charge in [-0.05, 0) is 35.8 Å². The molecule has 0 aliphatic heterocycles. The standard InChI is InChI=1S/C12H15BrN2O3/c1-8(2)15(7-11(16)18-3)12(17)9-4-10(13)6-14-5-9/h4-6,8H,7H2,1-3H3. The third-order valence-corrected chi connectivity index (χ3v) is 2.80. The van der Waals surface area contributed by atoms with Crippen LogP contribution in [0.5, 0.6) is 0 Å². The zero-order chi connectivity index (χ0) is 13.7. The van der Waals surface area contributed by atoms with Gasteiger partial charge in [0.2, 0.25) is 0 Å². The fourth-order valence-corrected chi connectivity index (χ4v) is 1.75. The van der Waals surface area contributed by atoms with Crippen LogP contribution in [-0.4, -0.2) is 41.5 Å². The molecule has 18 heavy (non-hydrogen) atoms. The molecular formula is C12H15BrN2O3. The first kappa shape index (κ1) is 14.6. The number of esters is 1. The lowest BCUT2D eigenvalue weighted by atomic mass is 10.2. The highest BCUT2D eigenvalue weighted by Gasteiger charge is 2.22. The highest BCUT2D eigenvalue weighted by Crippen LogP contribution is 2.13. The van der Waals surface area contributed by atoms with Crippen molar-refractivity contribution in [3.63, 3.8) is 0 Å². The number of rotatable bonds is 4. The van der Waals surface area contributed by atoms with E-state index in [1.165, 1.54) is 18.2 Å². The van der Waals surface area contributed by atoms with Crippen molar-refractivity contribution in [3.05, 3.63) is 28.5 Å². The molecular weight excluding hydrogens is 300 g/mol. The third kappa shape index (κ3) is 3.80. The number of amides is 1. The van der Waals surface area contributed by atoms with Crippen molar-refractivity contribution in [2.75, 3.05) is 13.7 Å². The molecule has 1 amide bonds. The van der Waals surface area contributed by atoms with Crippen LogP contribution in [0, 0.1) is 0 Å². The molecule has 5 nitrogen and oxygen atoms in total. The van der Waals surface area contributed by atoms with Crippen molar-refractivity contribution in [3.8, 4) is 0 Å². The SMILES string of the molecule is COC(=O)CN(C(=O)c1cncc(Br)c1)C(C)C. The minimum atomic E-state index is -0.444. The summed E-state index contributed by atoms with van der Waals surface area (Å²) in [6, 6.07) is 1.57. The molecule has 0 aromatic carbocycles. The Bertz CT molecular complexity index is 449. The number of carbonyl (C=O) groups is 2. The Balaban J connectivity index is 2.93. The Hall–Kier alpha value is -1.43. The van der Waals surface area contributed by atoms with Gasteiger partial charge in [-0.1, -0.05) is 0 Å². The van der Waals surface area contributed by atoms with Crippen molar-refractivity contribution in [2.45, 2.75) is 19.9 Å². The molecule has 0 N–H and O–H groups in total. The Kier molecular flexibility index (Phi) is 5.27. The summed E-state index contributed by atoms with van der Waals surface area (Å²) in [4.78, 5) is 28.9. The molecule has 1 rings (SSSR count). The molecule has 0 saturated carbocycles. The van der Waals surface area contributed by atoms with E-state index in [0.29, 0.717) is 5.56 Å². The Morgan fingerprint density at radius 1 is 1.44 bits per heavy atom. The first-order chi connectivity index (χ1) is 8.45. The van der Waals surface area contributed by atoms with E-state index in [0.717, 1.165) is 4.47 Å². The Labute approximate surface area is 114 Å². The van der Waals surface area contributed by atoms with E-state index in [1.54, 1.807) is 12.3 Å². The van der Waals surface area contributed by atoms with Crippen molar-refractivity contribution >= 4 is 27.8 Å². The summed E-state index contributed by atoms with van der Waals surface area (Å²) >= 11 is 3.26. The predicted molar refractivity (Wildman–Crippen MR) is 70.1 cm³/mol. The molecule has 0 saturated heterocycles. The number of ether oxygens (including phenoxy) is 1. The van der Waals surface area contributed by atoms with Crippen LogP contribution in [0.15, 0.2) is 22.9 Å². The molecule has 0 spiro atoms. The van der Waals surface area contributed by atoms with Gasteiger partial charge in [0.15, 0.2) is 0 Å². The van der Waals surface area contributed by atoms with E-state index in [9.17, 15) is 9.59 Å². The van der Waals surface area contributed by atoms with Gasteiger partial charge >= 0.3 is 5.97 Å². The van der Waals surface area contributed by atoms with Crippen molar-refractivity contribution < 1.29 is 14.3 Å². The van der Waals surface area contributed by atoms with Crippen LogP contribution in [0.4, 0.5) is 0 Å². The lowest BCUT2D eigenvalue weighted by Crippen LogP contribution is -2.41. The fraction of sp³-hybridized carbons (Fsp3) is 0.417. The van der Waals surface area contributed by atoms with Crippen molar-refractivity contribution in [2.24, 2.45) is 0 Å². The van der Waals surface area contributed by atoms with Gasteiger partial charge in [-0.15, -0.1) is 0 Å². The van der Waals surface area contributed by atoms with Gasteiger partial charge in [-0.25, -0.2) is 0 Å². The lowest BCUT2D eigenvalue weighted by Gasteiger charge is -2.25. The number of halogens is 1. The van der Waals surface area contributed by atoms with Gasteiger partial charge in [0.05, 0.1) is 12.7 Å². The molecule has 0 aliphatic rings. The van der Waals surface area contributed by atoms with Crippen LogP contribution >= 0.6 is 15.9 Å². The number of hydrogen-bond acceptors (Lipinski definition) is 4. The molecule has 0 unspecified atom stereocenters. The first-order valence-corrected chi connectivity index (χ1v) is 6.23. The molecule has 98 valence electrons. The number of hydrogen-bond donors (Lipinski definition) is 0. The zero-order valence-electron chi connectivity index (χ0n) is 10.5. The van der Waals surface area contributed by atoms with Crippen LogP contribution in [0.3, 0.4) is 0 Å². The number of pyridine rings is 1. The largest absolute Gasteiger partial charge is 0.468 e. The zero-order valence-corrected chi connectivity index (χ0v) is 12.1. The fourth-order valence-electron chi connectivity index (χ4n) is 1.39. The summed E-state index contributed by atoms with van der Waals surface area (Å²) in [5, 5.41) is 0.